The number of rotatable bonds is 4. The van der Waals surface area contributed by atoms with Gasteiger partial charge in [-0.1, -0.05) is 46.4 Å². The number of fused-ring (bicyclic) bond motifs is 1. The number of benzene rings is 2. The first-order valence-electron chi connectivity index (χ1n) is 6.88. The standard InChI is InChI=1S/C16H10Cl4N2O2/c17-9-1-2-14(12(19)6-9)24-4-3-22-8-21-15-11(16(22)23)5-10(18)7-13(15)20/h1-2,5-8H,3-4H2. The zero-order valence-electron chi connectivity index (χ0n) is 12.1. The molecule has 4 nitrogen and oxygen atoms in total. The van der Waals surface area contributed by atoms with Crippen LogP contribution < -0.4 is 10.3 Å². The molecule has 0 N–H and O–H groups in total. The van der Waals surface area contributed by atoms with Crippen LogP contribution in [0.15, 0.2) is 41.5 Å². The summed E-state index contributed by atoms with van der Waals surface area (Å²) in [6.07, 6.45) is 1.43. The van der Waals surface area contributed by atoms with Crippen LogP contribution in [0.5, 0.6) is 5.75 Å². The molecule has 2 aromatic carbocycles. The summed E-state index contributed by atoms with van der Waals surface area (Å²) in [6.45, 7) is 0.535. The summed E-state index contributed by atoms with van der Waals surface area (Å²) in [5.41, 5.74) is 0.180. The smallest absolute Gasteiger partial charge is 0.261 e. The summed E-state index contributed by atoms with van der Waals surface area (Å²) < 4.78 is 7.01. The van der Waals surface area contributed by atoms with Crippen molar-refractivity contribution in [2.75, 3.05) is 6.61 Å². The topological polar surface area (TPSA) is 44.1 Å². The van der Waals surface area contributed by atoms with Gasteiger partial charge in [0.05, 0.1) is 33.8 Å². The van der Waals surface area contributed by atoms with Gasteiger partial charge in [0.25, 0.3) is 5.56 Å². The van der Waals surface area contributed by atoms with Gasteiger partial charge in [-0.2, -0.15) is 0 Å². The predicted octanol–water partition coefficient (Wildman–Crippen LogP) is 5.09. The van der Waals surface area contributed by atoms with Gasteiger partial charge in [-0.25, -0.2) is 4.98 Å². The lowest BCUT2D eigenvalue weighted by atomic mass is 10.2. The molecule has 0 fully saturated rings. The van der Waals surface area contributed by atoms with E-state index in [2.05, 4.69) is 4.98 Å². The third kappa shape index (κ3) is 3.62. The Morgan fingerprint density at radius 2 is 1.75 bits per heavy atom. The van der Waals surface area contributed by atoms with Crippen LogP contribution in [-0.2, 0) is 6.54 Å². The molecule has 1 heterocycles. The minimum atomic E-state index is -0.241. The normalized spacial score (nSPS) is 11.0. The molecule has 0 radical (unpaired) electrons. The summed E-state index contributed by atoms with van der Waals surface area (Å²) in [6, 6.07) is 8.04. The van der Waals surface area contributed by atoms with E-state index < -0.39 is 0 Å². The highest BCUT2D eigenvalue weighted by Gasteiger charge is 2.09. The molecule has 0 saturated carbocycles. The van der Waals surface area contributed by atoms with Gasteiger partial charge in [0.15, 0.2) is 0 Å². The van der Waals surface area contributed by atoms with Gasteiger partial charge in [0, 0.05) is 10.0 Å². The van der Waals surface area contributed by atoms with E-state index >= 15 is 0 Å². The van der Waals surface area contributed by atoms with Crippen molar-refractivity contribution in [3.05, 3.63) is 67.1 Å². The maximum atomic E-state index is 12.5. The van der Waals surface area contributed by atoms with E-state index in [0.29, 0.717) is 43.3 Å². The molecular formula is C16H10Cl4N2O2. The predicted molar refractivity (Wildman–Crippen MR) is 98.0 cm³/mol. The lowest BCUT2D eigenvalue weighted by Crippen LogP contribution is -2.23. The van der Waals surface area contributed by atoms with Crippen molar-refractivity contribution in [3.63, 3.8) is 0 Å². The molecule has 8 heteroatoms. The summed E-state index contributed by atoms with van der Waals surface area (Å²) in [5.74, 6) is 0.494. The van der Waals surface area contributed by atoms with Crippen molar-refractivity contribution in [2.45, 2.75) is 6.54 Å². The molecule has 24 heavy (non-hydrogen) atoms. The molecule has 0 aliphatic carbocycles. The van der Waals surface area contributed by atoms with Crippen LogP contribution in [0.25, 0.3) is 10.9 Å². The third-order valence-corrected chi connectivity index (χ3v) is 4.37. The van der Waals surface area contributed by atoms with Gasteiger partial charge in [-0.05, 0) is 30.3 Å². The maximum Gasteiger partial charge on any atom is 0.261 e. The Morgan fingerprint density at radius 1 is 1.00 bits per heavy atom. The lowest BCUT2D eigenvalue weighted by Gasteiger charge is -2.10. The van der Waals surface area contributed by atoms with Gasteiger partial charge in [-0.3, -0.25) is 9.36 Å². The van der Waals surface area contributed by atoms with Crippen molar-refractivity contribution < 1.29 is 4.74 Å². The van der Waals surface area contributed by atoms with Crippen molar-refractivity contribution in [2.24, 2.45) is 0 Å². The monoisotopic (exact) mass is 402 g/mol. The number of aromatic nitrogens is 2. The Morgan fingerprint density at radius 3 is 2.50 bits per heavy atom. The fourth-order valence-corrected chi connectivity index (χ4v) is 3.21. The number of hydrogen-bond acceptors (Lipinski definition) is 3. The molecule has 0 aliphatic rings. The van der Waals surface area contributed by atoms with Gasteiger partial charge >= 0.3 is 0 Å². The van der Waals surface area contributed by atoms with E-state index in [4.69, 9.17) is 51.1 Å². The second kappa shape index (κ2) is 7.19. The Balaban J connectivity index is 1.81. The Labute approximate surface area is 157 Å². The van der Waals surface area contributed by atoms with Gasteiger partial charge < -0.3 is 4.74 Å². The van der Waals surface area contributed by atoms with Gasteiger partial charge in [0.2, 0.25) is 0 Å². The summed E-state index contributed by atoms with van der Waals surface area (Å²) in [4.78, 5) is 16.7. The molecule has 0 bridgehead atoms. The second-order valence-electron chi connectivity index (χ2n) is 4.95. The maximum absolute atomic E-state index is 12.5. The zero-order valence-corrected chi connectivity index (χ0v) is 15.1. The average molecular weight is 404 g/mol. The summed E-state index contributed by atoms with van der Waals surface area (Å²) >= 11 is 23.9. The highest BCUT2D eigenvalue weighted by atomic mass is 35.5. The van der Waals surface area contributed by atoms with E-state index in [0.717, 1.165) is 0 Å². The Hall–Kier alpha value is -1.46. The van der Waals surface area contributed by atoms with Crippen molar-refractivity contribution in [1.29, 1.82) is 0 Å². The molecule has 0 amide bonds. The second-order valence-corrected chi connectivity index (χ2v) is 6.64. The summed E-state index contributed by atoms with van der Waals surface area (Å²) in [7, 11) is 0. The fourth-order valence-electron chi connectivity index (χ4n) is 2.20. The molecule has 0 unspecified atom stereocenters. The van der Waals surface area contributed by atoms with Gasteiger partial charge in [-0.15, -0.1) is 0 Å². The zero-order chi connectivity index (χ0) is 17.3. The van der Waals surface area contributed by atoms with E-state index in [1.165, 1.54) is 10.9 Å². The molecular weight excluding hydrogens is 394 g/mol. The number of nitrogens with zero attached hydrogens (tertiary/aromatic N) is 2. The first-order chi connectivity index (χ1) is 11.5. The van der Waals surface area contributed by atoms with E-state index in [9.17, 15) is 4.79 Å². The Kier molecular flexibility index (Phi) is 5.21. The van der Waals surface area contributed by atoms with E-state index in [-0.39, 0.29) is 12.2 Å². The highest BCUT2D eigenvalue weighted by Crippen LogP contribution is 2.27. The first kappa shape index (κ1) is 17.4. The van der Waals surface area contributed by atoms with Crippen LogP contribution in [0.1, 0.15) is 0 Å². The average Bonchev–Trinajstić information content (AvgIpc) is 2.52. The molecule has 0 aliphatic heterocycles. The molecule has 3 rings (SSSR count). The highest BCUT2D eigenvalue weighted by molar-refractivity contribution is 6.38. The SMILES string of the molecule is O=c1c2cc(Cl)cc(Cl)c2ncn1CCOc1ccc(Cl)cc1Cl. The van der Waals surface area contributed by atoms with Crippen LogP contribution in [0, 0.1) is 0 Å². The van der Waals surface area contributed by atoms with Crippen molar-refractivity contribution >= 4 is 57.3 Å². The van der Waals surface area contributed by atoms with Gasteiger partial charge in [0.1, 0.15) is 12.4 Å². The first-order valence-corrected chi connectivity index (χ1v) is 8.39. The lowest BCUT2D eigenvalue weighted by molar-refractivity contribution is 0.296. The van der Waals surface area contributed by atoms with Crippen LogP contribution >= 0.6 is 46.4 Å². The number of hydrogen-bond donors (Lipinski definition) is 0. The molecule has 0 atom stereocenters. The molecule has 3 aromatic rings. The van der Waals surface area contributed by atoms with Crippen LogP contribution in [0.2, 0.25) is 20.1 Å². The molecule has 1 aromatic heterocycles. The minimum Gasteiger partial charge on any atom is -0.490 e. The van der Waals surface area contributed by atoms with Crippen LogP contribution in [0.4, 0.5) is 0 Å². The summed E-state index contributed by atoms with van der Waals surface area (Å²) in [5, 5.41) is 2.01. The van der Waals surface area contributed by atoms with E-state index in [1.54, 1.807) is 30.3 Å². The van der Waals surface area contributed by atoms with Crippen molar-refractivity contribution in [3.8, 4) is 5.75 Å². The number of ether oxygens (including phenoxy) is 1. The Bertz CT molecular complexity index is 972. The molecule has 124 valence electrons. The third-order valence-electron chi connectivity index (χ3n) is 3.33. The van der Waals surface area contributed by atoms with Crippen LogP contribution in [0.3, 0.4) is 0 Å². The quantitative estimate of drug-likeness (QED) is 0.609. The number of halogens is 4. The van der Waals surface area contributed by atoms with E-state index in [1.807, 2.05) is 0 Å². The fraction of sp³-hybridized carbons (Fsp3) is 0.125. The van der Waals surface area contributed by atoms with Crippen LogP contribution in [-0.4, -0.2) is 16.2 Å². The largest absolute Gasteiger partial charge is 0.490 e. The van der Waals surface area contributed by atoms with Crippen molar-refractivity contribution in [1.82, 2.24) is 9.55 Å². The molecule has 0 saturated heterocycles. The molecule has 0 spiro atoms. The minimum absolute atomic E-state index is 0.239.